The molecule has 1 aliphatic heterocycles. The first kappa shape index (κ1) is 24.2. The van der Waals surface area contributed by atoms with Crippen molar-refractivity contribution in [1.82, 2.24) is 15.1 Å². The summed E-state index contributed by atoms with van der Waals surface area (Å²) in [5, 5.41) is 2.86. The smallest absolute Gasteiger partial charge is 0.261 e. The number of carbonyl (C=O) groups is 4. The highest BCUT2D eigenvalue weighted by Gasteiger charge is 2.35. The SMILES string of the molecule is CCCNC(=O)[C@@H](C)N(CCc1ccccc1)C(=O)CCCN1C(=O)c2ccccc2C1=O. The Balaban J connectivity index is 1.61. The van der Waals surface area contributed by atoms with Gasteiger partial charge in [-0.15, -0.1) is 0 Å². The fourth-order valence-corrected chi connectivity index (χ4v) is 3.94. The fraction of sp³-hybridized carbons (Fsp3) is 0.385. The summed E-state index contributed by atoms with van der Waals surface area (Å²) in [4.78, 5) is 53.5. The summed E-state index contributed by atoms with van der Waals surface area (Å²) in [6.45, 7) is 4.85. The molecule has 2 aromatic carbocycles. The molecule has 33 heavy (non-hydrogen) atoms. The van der Waals surface area contributed by atoms with Crippen LogP contribution in [0.1, 0.15) is 59.4 Å². The molecule has 1 N–H and O–H groups in total. The van der Waals surface area contributed by atoms with Crippen molar-refractivity contribution in [3.05, 3.63) is 71.3 Å². The second-order valence-corrected chi connectivity index (χ2v) is 8.20. The lowest BCUT2D eigenvalue weighted by Gasteiger charge is -2.29. The monoisotopic (exact) mass is 449 g/mol. The third kappa shape index (κ3) is 5.86. The van der Waals surface area contributed by atoms with Gasteiger partial charge in [-0.1, -0.05) is 49.4 Å². The van der Waals surface area contributed by atoms with Gasteiger partial charge in [-0.25, -0.2) is 0 Å². The van der Waals surface area contributed by atoms with E-state index in [0.717, 1.165) is 12.0 Å². The molecule has 0 bridgehead atoms. The minimum Gasteiger partial charge on any atom is -0.354 e. The number of carbonyl (C=O) groups excluding carboxylic acids is 4. The maximum Gasteiger partial charge on any atom is 0.261 e. The van der Waals surface area contributed by atoms with Crippen LogP contribution in [-0.2, 0) is 16.0 Å². The molecule has 0 spiro atoms. The van der Waals surface area contributed by atoms with E-state index in [9.17, 15) is 19.2 Å². The lowest BCUT2D eigenvalue weighted by molar-refractivity contribution is -0.140. The van der Waals surface area contributed by atoms with Crippen LogP contribution in [0.15, 0.2) is 54.6 Å². The van der Waals surface area contributed by atoms with Gasteiger partial charge in [-0.2, -0.15) is 0 Å². The van der Waals surface area contributed by atoms with Crippen molar-refractivity contribution in [2.45, 2.75) is 45.6 Å². The minimum absolute atomic E-state index is 0.146. The van der Waals surface area contributed by atoms with Gasteiger partial charge in [-0.3, -0.25) is 24.1 Å². The van der Waals surface area contributed by atoms with Gasteiger partial charge in [0.15, 0.2) is 0 Å². The summed E-state index contributed by atoms with van der Waals surface area (Å²) in [5.41, 5.74) is 1.89. The average molecular weight is 450 g/mol. The molecule has 7 heteroatoms. The van der Waals surface area contributed by atoms with E-state index in [2.05, 4.69) is 5.32 Å². The van der Waals surface area contributed by atoms with Crippen LogP contribution in [-0.4, -0.2) is 59.1 Å². The van der Waals surface area contributed by atoms with Crippen molar-refractivity contribution < 1.29 is 19.2 Å². The first-order chi connectivity index (χ1) is 15.9. The fourth-order valence-electron chi connectivity index (χ4n) is 3.94. The number of rotatable bonds is 11. The summed E-state index contributed by atoms with van der Waals surface area (Å²) in [6, 6.07) is 15.9. The second kappa shape index (κ2) is 11.4. The Hall–Kier alpha value is -3.48. The predicted octanol–water partition coefficient (Wildman–Crippen LogP) is 3.05. The Labute approximate surface area is 194 Å². The number of benzene rings is 2. The Morgan fingerprint density at radius 3 is 2.18 bits per heavy atom. The molecular weight excluding hydrogens is 418 g/mol. The van der Waals surface area contributed by atoms with Crippen LogP contribution in [0.25, 0.3) is 0 Å². The molecule has 0 aromatic heterocycles. The van der Waals surface area contributed by atoms with Gasteiger partial charge in [0.2, 0.25) is 11.8 Å². The van der Waals surface area contributed by atoms with Gasteiger partial charge in [0.1, 0.15) is 6.04 Å². The van der Waals surface area contributed by atoms with E-state index in [1.54, 1.807) is 36.1 Å². The summed E-state index contributed by atoms with van der Waals surface area (Å²) >= 11 is 0. The first-order valence-electron chi connectivity index (χ1n) is 11.5. The number of hydrogen-bond acceptors (Lipinski definition) is 4. The quantitative estimate of drug-likeness (QED) is 0.534. The molecule has 3 rings (SSSR count). The van der Waals surface area contributed by atoms with Crippen LogP contribution in [0.3, 0.4) is 0 Å². The highest BCUT2D eigenvalue weighted by atomic mass is 16.2. The summed E-state index contributed by atoms with van der Waals surface area (Å²) in [6.07, 6.45) is 1.94. The molecule has 7 nitrogen and oxygen atoms in total. The first-order valence-corrected chi connectivity index (χ1v) is 11.5. The molecule has 1 heterocycles. The normalized spacial score (nSPS) is 13.6. The molecule has 0 saturated heterocycles. The number of imide groups is 1. The Bertz CT molecular complexity index is 971. The molecule has 174 valence electrons. The van der Waals surface area contributed by atoms with Crippen LogP contribution in [0, 0.1) is 0 Å². The lowest BCUT2D eigenvalue weighted by Crippen LogP contribution is -2.49. The maximum atomic E-state index is 13.1. The number of fused-ring (bicyclic) bond motifs is 1. The highest BCUT2D eigenvalue weighted by molar-refractivity contribution is 6.21. The Morgan fingerprint density at radius 2 is 1.58 bits per heavy atom. The van der Waals surface area contributed by atoms with Crippen LogP contribution >= 0.6 is 0 Å². The third-order valence-electron chi connectivity index (χ3n) is 5.85. The van der Waals surface area contributed by atoms with E-state index in [4.69, 9.17) is 0 Å². The zero-order valence-electron chi connectivity index (χ0n) is 19.3. The standard InChI is InChI=1S/C26H31N3O4/c1-3-16-27-24(31)19(2)28(18-15-20-10-5-4-6-11-20)23(30)14-9-17-29-25(32)21-12-7-8-13-22(21)26(29)33/h4-8,10-13,19H,3,9,14-18H2,1-2H3,(H,27,31)/t19-/m1/s1. The van der Waals surface area contributed by atoms with E-state index >= 15 is 0 Å². The van der Waals surface area contributed by atoms with Crippen LogP contribution in [0.4, 0.5) is 0 Å². The van der Waals surface area contributed by atoms with Crippen molar-refractivity contribution >= 4 is 23.6 Å². The van der Waals surface area contributed by atoms with Crippen molar-refractivity contribution in [3.63, 3.8) is 0 Å². The van der Waals surface area contributed by atoms with E-state index in [1.165, 1.54) is 4.90 Å². The van der Waals surface area contributed by atoms with Crippen molar-refractivity contribution in [2.24, 2.45) is 0 Å². The van der Waals surface area contributed by atoms with E-state index < -0.39 is 6.04 Å². The molecular formula is C26H31N3O4. The maximum absolute atomic E-state index is 13.1. The highest BCUT2D eigenvalue weighted by Crippen LogP contribution is 2.22. The summed E-state index contributed by atoms with van der Waals surface area (Å²) in [7, 11) is 0. The molecule has 0 saturated carbocycles. The Morgan fingerprint density at radius 1 is 0.970 bits per heavy atom. The molecule has 4 amide bonds. The number of nitrogens with one attached hydrogen (secondary N) is 1. The van der Waals surface area contributed by atoms with Crippen LogP contribution in [0.2, 0.25) is 0 Å². The third-order valence-corrected chi connectivity index (χ3v) is 5.85. The lowest BCUT2D eigenvalue weighted by atomic mass is 10.1. The number of amides is 4. The zero-order chi connectivity index (χ0) is 23.8. The molecule has 2 aromatic rings. The molecule has 0 fully saturated rings. The predicted molar refractivity (Wildman–Crippen MR) is 126 cm³/mol. The second-order valence-electron chi connectivity index (χ2n) is 8.20. The van der Waals surface area contributed by atoms with E-state index in [0.29, 0.717) is 37.1 Å². The van der Waals surface area contributed by atoms with Gasteiger partial charge < -0.3 is 10.2 Å². The number of hydrogen-bond donors (Lipinski definition) is 1. The number of nitrogens with zero attached hydrogens (tertiary/aromatic N) is 2. The van der Waals surface area contributed by atoms with Gasteiger partial charge in [0.05, 0.1) is 11.1 Å². The van der Waals surface area contributed by atoms with Crippen molar-refractivity contribution in [2.75, 3.05) is 19.6 Å². The minimum atomic E-state index is -0.605. The summed E-state index contributed by atoms with van der Waals surface area (Å²) < 4.78 is 0. The van der Waals surface area contributed by atoms with Crippen molar-refractivity contribution in [1.29, 1.82) is 0 Å². The van der Waals surface area contributed by atoms with Crippen molar-refractivity contribution in [3.8, 4) is 0 Å². The summed E-state index contributed by atoms with van der Waals surface area (Å²) in [5.74, 6) is -0.993. The van der Waals surface area contributed by atoms with Crippen LogP contribution in [0.5, 0.6) is 0 Å². The Kier molecular flexibility index (Phi) is 8.35. The molecule has 0 unspecified atom stereocenters. The zero-order valence-corrected chi connectivity index (χ0v) is 19.3. The van der Waals surface area contributed by atoms with Crippen LogP contribution < -0.4 is 5.32 Å². The average Bonchev–Trinajstić information content (AvgIpc) is 3.08. The largest absolute Gasteiger partial charge is 0.354 e. The van der Waals surface area contributed by atoms with E-state index in [1.807, 2.05) is 37.3 Å². The van der Waals surface area contributed by atoms with Gasteiger partial charge >= 0.3 is 0 Å². The molecule has 0 radical (unpaired) electrons. The van der Waals surface area contributed by atoms with Gasteiger partial charge in [0, 0.05) is 26.1 Å². The topological polar surface area (TPSA) is 86.8 Å². The van der Waals surface area contributed by atoms with E-state index in [-0.39, 0.29) is 36.6 Å². The molecule has 1 aliphatic rings. The molecule has 1 atom stereocenters. The van der Waals surface area contributed by atoms with Gasteiger partial charge in [-0.05, 0) is 43.9 Å². The van der Waals surface area contributed by atoms with Gasteiger partial charge in [0.25, 0.3) is 11.8 Å². The molecule has 0 aliphatic carbocycles.